The van der Waals surface area contributed by atoms with Gasteiger partial charge in [-0.1, -0.05) is 18.2 Å². The molecule has 7 heteroatoms. The molecule has 4 rings (SSSR count). The molecule has 1 aliphatic rings. The molecule has 0 spiro atoms. The summed E-state index contributed by atoms with van der Waals surface area (Å²) < 4.78 is 7.15. The van der Waals surface area contributed by atoms with E-state index in [1.807, 2.05) is 42.0 Å². The van der Waals surface area contributed by atoms with E-state index in [1.165, 1.54) is 13.2 Å². The number of benzene rings is 2. The second-order valence-corrected chi connectivity index (χ2v) is 6.54. The maximum atomic E-state index is 13.1. The van der Waals surface area contributed by atoms with Crippen LogP contribution < -0.4 is 15.0 Å². The van der Waals surface area contributed by atoms with E-state index in [9.17, 15) is 14.4 Å². The fourth-order valence-electron chi connectivity index (χ4n) is 3.43. The van der Waals surface area contributed by atoms with Crippen LogP contribution in [-0.2, 0) is 16.1 Å². The first-order valence-corrected chi connectivity index (χ1v) is 9.17. The van der Waals surface area contributed by atoms with E-state index in [2.05, 4.69) is 5.32 Å². The number of urea groups is 1. The van der Waals surface area contributed by atoms with Crippen LogP contribution in [0.3, 0.4) is 0 Å². The molecule has 4 amide bonds. The van der Waals surface area contributed by atoms with Gasteiger partial charge in [-0.15, -0.1) is 0 Å². The number of aromatic nitrogens is 1. The van der Waals surface area contributed by atoms with Crippen LogP contribution in [0.5, 0.6) is 5.75 Å². The van der Waals surface area contributed by atoms with Crippen molar-refractivity contribution in [1.29, 1.82) is 0 Å². The number of para-hydroxylation sites is 1. The number of barbiturate groups is 1. The van der Waals surface area contributed by atoms with Crippen molar-refractivity contribution in [2.75, 3.05) is 12.0 Å². The molecular formula is C22H19N3O4. The lowest BCUT2D eigenvalue weighted by molar-refractivity contribution is -0.122. The van der Waals surface area contributed by atoms with Crippen LogP contribution in [0.25, 0.3) is 17.0 Å². The summed E-state index contributed by atoms with van der Waals surface area (Å²) in [4.78, 5) is 38.8. The Labute approximate surface area is 167 Å². The molecule has 7 nitrogen and oxygen atoms in total. The molecule has 0 aliphatic carbocycles. The summed E-state index contributed by atoms with van der Waals surface area (Å²) >= 11 is 0. The van der Waals surface area contributed by atoms with Crippen LogP contribution in [0.2, 0.25) is 0 Å². The zero-order chi connectivity index (χ0) is 20.5. The number of methoxy groups -OCH3 is 1. The third-order valence-corrected chi connectivity index (χ3v) is 4.89. The molecule has 0 unspecified atom stereocenters. The molecule has 1 fully saturated rings. The van der Waals surface area contributed by atoms with Crippen molar-refractivity contribution in [3.63, 3.8) is 0 Å². The second-order valence-electron chi connectivity index (χ2n) is 6.54. The van der Waals surface area contributed by atoms with Crippen LogP contribution in [0.1, 0.15) is 12.5 Å². The Kier molecular flexibility index (Phi) is 4.64. The number of anilines is 1. The van der Waals surface area contributed by atoms with E-state index in [0.717, 1.165) is 27.9 Å². The Balaban J connectivity index is 1.78. The molecule has 146 valence electrons. The minimum Gasteiger partial charge on any atom is -0.497 e. The minimum atomic E-state index is -0.779. The Morgan fingerprint density at radius 1 is 1.03 bits per heavy atom. The Morgan fingerprint density at radius 2 is 1.76 bits per heavy atom. The summed E-state index contributed by atoms with van der Waals surface area (Å²) in [5.74, 6) is -0.784. The second kappa shape index (κ2) is 7.27. The molecule has 0 bridgehead atoms. The molecule has 3 aromatic rings. The average Bonchev–Trinajstić information content (AvgIpc) is 3.09. The van der Waals surface area contributed by atoms with Gasteiger partial charge in [-0.2, -0.15) is 0 Å². The molecule has 1 aromatic heterocycles. The molecule has 2 heterocycles. The van der Waals surface area contributed by atoms with Crippen molar-refractivity contribution in [3.05, 3.63) is 65.9 Å². The third-order valence-electron chi connectivity index (χ3n) is 4.89. The SMILES string of the molecule is CCn1cc(/C=C2/C(=O)NC(=O)N(c3ccc(OC)cc3)C2=O)c2ccccc21. The maximum Gasteiger partial charge on any atom is 0.335 e. The van der Waals surface area contributed by atoms with Gasteiger partial charge in [0, 0.05) is 29.2 Å². The summed E-state index contributed by atoms with van der Waals surface area (Å²) in [6.07, 6.45) is 3.43. The lowest BCUT2D eigenvalue weighted by Gasteiger charge is -2.26. The van der Waals surface area contributed by atoms with Crippen LogP contribution >= 0.6 is 0 Å². The van der Waals surface area contributed by atoms with E-state index in [0.29, 0.717) is 11.4 Å². The van der Waals surface area contributed by atoms with Gasteiger partial charge in [0.05, 0.1) is 12.8 Å². The third kappa shape index (κ3) is 3.16. The average molecular weight is 389 g/mol. The number of aryl methyl sites for hydroxylation is 1. The molecule has 0 atom stereocenters. The molecule has 1 saturated heterocycles. The number of imide groups is 2. The summed E-state index contributed by atoms with van der Waals surface area (Å²) in [7, 11) is 1.53. The van der Waals surface area contributed by atoms with Crippen molar-refractivity contribution in [3.8, 4) is 5.75 Å². The van der Waals surface area contributed by atoms with Gasteiger partial charge in [0.15, 0.2) is 0 Å². The van der Waals surface area contributed by atoms with E-state index in [1.54, 1.807) is 24.3 Å². The first-order chi connectivity index (χ1) is 14.0. The largest absolute Gasteiger partial charge is 0.497 e. The van der Waals surface area contributed by atoms with Crippen molar-refractivity contribution >= 4 is 40.5 Å². The first-order valence-electron chi connectivity index (χ1n) is 9.17. The van der Waals surface area contributed by atoms with Crippen molar-refractivity contribution < 1.29 is 19.1 Å². The van der Waals surface area contributed by atoms with Crippen LogP contribution in [-0.4, -0.2) is 29.5 Å². The van der Waals surface area contributed by atoms with Gasteiger partial charge in [-0.3, -0.25) is 14.9 Å². The van der Waals surface area contributed by atoms with Gasteiger partial charge in [-0.05, 0) is 43.3 Å². The summed E-state index contributed by atoms with van der Waals surface area (Å²) in [6, 6.07) is 13.4. The highest BCUT2D eigenvalue weighted by molar-refractivity contribution is 6.39. The van der Waals surface area contributed by atoms with Gasteiger partial charge in [0.25, 0.3) is 11.8 Å². The number of carbonyl (C=O) groups excluding carboxylic acids is 3. The molecule has 2 aromatic carbocycles. The molecule has 1 aliphatic heterocycles. The topological polar surface area (TPSA) is 80.6 Å². The summed E-state index contributed by atoms with van der Waals surface area (Å²) in [6.45, 7) is 2.77. The minimum absolute atomic E-state index is 0.0978. The number of nitrogens with zero attached hydrogens (tertiary/aromatic N) is 2. The Morgan fingerprint density at radius 3 is 2.45 bits per heavy atom. The quantitative estimate of drug-likeness (QED) is 0.548. The smallest absolute Gasteiger partial charge is 0.335 e. The highest BCUT2D eigenvalue weighted by atomic mass is 16.5. The fourth-order valence-corrected chi connectivity index (χ4v) is 3.43. The lowest BCUT2D eigenvalue weighted by atomic mass is 10.1. The highest BCUT2D eigenvalue weighted by Gasteiger charge is 2.37. The molecule has 0 saturated carbocycles. The zero-order valence-electron chi connectivity index (χ0n) is 16.0. The van der Waals surface area contributed by atoms with E-state index in [4.69, 9.17) is 4.74 Å². The van der Waals surface area contributed by atoms with E-state index >= 15 is 0 Å². The van der Waals surface area contributed by atoms with Gasteiger partial charge in [0.2, 0.25) is 0 Å². The number of nitrogens with one attached hydrogen (secondary N) is 1. The number of fused-ring (bicyclic) bond motifs is 1. The number of ether oxygens (including phenoxy) is 1. The predicted octanol–water partition coefficient (Wildman–Crippen LogP) is 3.34. The summed E-state index contributed by atoms with van der Waals surface area (Å²) in [5.41, 5.74) is 2.00. The van der Waals surface area contributed by atoms with Gasteiger partial charge >= 0.3 is 6.03 Å². The Bertz CT molecular complexity index is 1160. The summed E-state index contributed by atoms with van der Waals surface area (Å²) in [5, 5.41) is 3.17. The van der Waals surface area contributed by atoms with E-state index in [-0.39, 0.29) is 5.57 Å². The van der Waals surface area contributed by atoms with Crippen molar-refractivity contribution in [1.82, 2.24) is 9.88 Å². The van der Waals surface area contributed by atoms with Crippen LogP contribution in [0, 0.1) is 0 Å². The molecule has 29 heavy (non-hydrogen) atoms. The lowest BCUT2D eigenvalue weighted by Crippen LogP contribution is -2.54. The van der Waals surface area contributed by atoms with Crippen molar-refractivity contribution in [2.45, 2.75) is 13.5 Å². The molecule has 1 N–H and O–H groups in total. The number of hydrogen-bond acceptors (Lipinski definition) is 4. The first kappa shape index (κ1) is 18.5. The highest BCUT2D eigenvalue weighted by Crippen LogP contribution is 2.27. The van der Waals surface area contributed by atoms with Gasteiger partial charge in [0.1, 0.15) is 11.3 Å². The standard InChI is InChI=1S/C22H19N3O4/c1-3-24-13-14(17-6-4-5-7-19(17)24)12-18-20(26)23-22(28)25(21(18)27)15-8-10-16(29-2)11-9-15/h4-13H,3H2,1-2H3,(H,23,26,28)/b18-12-. The number of amides is 4. The fraction of sp³-hybridized carbons (Fsp3) is 0.136. The zero-order valence-corrected chi connectivity index (χ0v) is 16.0. The number of rotatable bonds is 4. The van der Waals surface area contributed by atoms with Crippen molar-refractivity contribution in [2.24, 2.45) is 0 Å². The van der Waals surface area contributed by atoms with E-state index < -0.39 is 17.8 Å². The molecule has 0 radical (unpaired) electrons. The molecular weight excluding hydrogens is 370 g/mol. The predicted molar refractivity (Wildman–Crippen MR) is 110 cm³/mol. The monoisotopic (exact) mass is 389 g/mol. The number of hydrogen-bond donors (Lipinski definition) is 1. The van der Waals surface area contributed by atoms with Gasteiger partial charge < -0.3 is 9.30 Å². The van der Waals surface area contributed by atoms with Gasteiger partial charge in [-0.25, -0.2) is 9.69 Å². The van der Waals surface area contributed by atoms with Crippen LogP contribution in [0.4, 0.5) is 10.5 Å². The maximum absolute atomic E-state index is 13.1. The Hall–Kier alpha value is -3.87. The van der Waals surface area contributed by atoms with Crippen LogP contribution in [0.15, 0.2) is 60.3 Å². The number of carbonyl (C=O) groups is 3. The normalized spacial score (nSPS) is 15.9.